The zero-order valence-electron chi connectivity index (χ0n) is 19.1. The zero-order valence-corrected chi connectivity index (χ0v) is 18.1. The molecule has 3 rings (SSSR count). The Morgan fingerprint density at radius 3 is 2.21 bits per heavy atom. The lowest BCUT2D eigenvalue weighted by molar-refractivity contribution is -0.141. The minimum Gasteiger partial charge on any atom is -0.479 e. The van der Waals surface area contributed by atoms with E-state index in [-0.39, 0.29) is 19.8 Å². The van der Waals surface area contributed by atoms with Crippen LogP contribution in [0.4, 0.5) is 4.72 Å². The fraction of sp³-hybridized carbons (Fsp3) is 0.269. The van der Waals surface area contributed by atoms with Crippen LogP contribution in [0.1, 0.15) is 33.1 Å². The second kappa shape index (κ2) is 14.4. The van der Waals surface area contributed by atoms with Crippen molar-refractivity contribution >= 4 is 11.9 Å². The van der Waals surface area contributed by atoms with Crippen LogP contribution in [0, 0.1) is 0 Å². The molecule has 1 unspecified atom stereocenters. The van der Waals surface area contributed by atoms with Crippen LogP contribution in [-0.4, -0.2) is 36.2 Å². The lowest BCUT2D eigenvalue weighted by atomic mass is 10.0. The van der Waals surface area contributed by atoms with Crippen LogP contribution in [0.25, 0.3) is 22.4 Å². The Bertz CT molecular complexity index is 982. The van der Waals surface area contributed by atoms with E-state index in [0.29, 0.717) is 18.9 Å². The highest BCUT2D eigenvalue weighted by Crippen LogP contribution is 2.28. The quantitative estimate of drug-likeness (QED) is 0.277. The van der Waals surface area contributed by atoms with E-state index in [2.05, 4.69) is 30.0 Å². The highest BCUT2D eigenvalue weighted by molar-refractivity contribution is 5.82. The number of rotatable bonds is 11. The van der Waals surface area contributed by atoms with Crippen LogP contribution < -0.4 is 15.8 Å². The number of hydrogen-bond donors (Lipinski definition) is 3. The maximum absolute atomic E-state index is 11.7. The van der Waals surface area contributed by atoms with Crippen molar-refractivity contribution in [1.29, 1.82) is 1.45 Å². The van der Waals surface area contributed by atoms with Crippen molar-refractivity contribution in [3.8, 4) is 28.3 Å². The Balaban J connectivity index is 0.00000199. The Morgan fingerprint density at radius 2 is 1.59 bits per heavy atom. The van der Waals surface area contributed by atoms with Crippen LogP contribution >= 0.6 is 0 Å². The third kappa shape index (κ3) is 8.63. The normalized spacial score (nSPS) is 11.1. The number of amides is 1. The molecule has 0 aliphatic carbocycles. The fourth-order valence-corrected chi connectivity index (χ4v) is 3.18. The molecule has 0 aliphatic rings. The van der Waals surface area contributed by atoms with Gasteiger partial charge in [-0.1, -0.05) is 68.1 Å². The summed E-state index contributed by atoms with van der Waals surface area (Å²) in [5.74, 6) is -1.08. The number of carbonyl (C=O) groups excluding carboxylic acids is 1. The number of hydrogen-bond acceptors (Lipinski definition) is 5. The predicted molar refractivity (Wildman–Crippen MR) is 132 cm³/mol. The third-order valence-corrected chi connectivity index (χ3v) is 4.86. The highest BCUT2D eigenvalue weighted by Gasteiger charge is 2.13. The number of benzene rings is 2. The van der Waals surface area contributed by atoms with Gasteiger partial charge in [-0.05, 0) is 36.5 Å². The molecule has 0 radical (unpaired) electrons. The lowest BCUT2D eigenvalue weighted by Gasteiger charge is -2.11. The number of ether oxygens (including phenoxy) is 1. The monoisotopic (exact) mass is 471 g/mol. The standard InChI is InChI=1S/C25H27N3O4.CH4.FH/c26-24(25(30)31)28-22(29)14-8-3-9-15-32-23-17-20(18-10-4-1-5-11-18)16-21(27-23)19-12-6-2-7-13-19;;/h1-2,4-7,10-13,16-17,24H,3,8-9,14-15,26H2,(H,28,29)(H,30,31);1H4;1H/i/hT. The number of halogens is 1. The van der Waals surface area contributed by atoms with E-state index in [1.807, 2.05) is 54.6 Å². The number of carbonyl (C=O) groups is 2. The van der Waals surface area contributed by atoms with Crippen molar-refractivity contribution in [2.24, 2.45) is 5.73 Å². The second-order valence-electron chi connectivity index (χ2n) is 7.35. The molecule has 8 heteroatoms. The van der Waals surface area contributed by atoms with Gasteiger partial charge in [-0.15, -0.1) is 0 Å². The van der Waals surface area contributed by atoms with Crippen molar-refractivity contribution < 1.29 is 24.1 Å². The number of aromatic nitrogens is 1. The molecule has 4 N–H and O–H groups in total. The van der Waals surface area contributed by atoms with Gasteiger partial charge in [0.05, 0.1) is 12.3 Å². The Labute approximate surface area is 200 Å². The molecule has 1 amide bonds. The average molecular weight is 472 g/mol. The first-order valence-electron chi connectivity index (χ1n) is 10.9. The summed E-state index contributed by atoms with van der Waals surface area (Å²) in [7, 11) is 0. The molecule has 34 heavy (non-hydrogen) atoms. The summed E-state index contributed by atoms with van der Waals surface area (Å²) in [5, 5.41) is 10.9. The van der Waals surface area contributed by atoms with Gasteiger partial charge >= 0.3 is 5.97 Å². The molecule has 0 spiro atoms. The highest BCUT2D eigenvalue weighted by atomic mass is 19.0. The first-order valence-corrected chi connectivity index (χ1v) is 10.6. The first kappa shape index (κ1) is 26.5. The molecule has 7 nitrogen and oxygen atoms in total. The molecule has 1 aromatic heterocycles. The van der Waals surface area contributed by atoms with Crippen molar-refractivity contribution in [3.63, 3.8) is 0 Å². The maximum Gasteiger partial charge on any atom is 0.341 e. The van der Waals surface area contributed by atoms with Gasteiger partial charge < -0.3 is 20.9 Å². The Hall–Kier alpha value is -3.78. The second-order valence-corrected chi connectivity index (χ2v) is 7.35. The van der Waals surface area contributed by atoms with Gasteiger partial charge in [0.15, 0.2) is 6.17 Å². The summed E-state index contributed by atoms with van der Waals surface area (Å²) in [5.41, 5.74) is 9.25. The SMILES string of the molecule is C.NC(NC(=O)CCCCCOc1cc(-c2ccccc2)cc(-c2ccccc2)n1)C(=O)O.[3H]F. The lowest BCUT2D eigenvalue weighted by Crippen LogP contribution is -2.47. The number of nitrogens with one attached hydrogen (secondary N) is 1. The van der Waals surface area contributed by atoms with Crippen molar-refractivity contribution in [2.75, 3.05) is 6.61 Å². The molecule has 0 fully saturated rings. The van der Waals surface area contributed by atoms with Gasteiger partial charge in [0, 0.05) is 18.1 Å². The molecule has 182 valence electrons. The molecule has 1 atom stereocenters. The third-order valence-electron chi connectivity index (χ3n) is 4.86. The van der Waals surface area contributed by atoms with Gasteiger partial charge in [-0.25, -0.2) is 9.78 Å². The average Bonchev–Trinajstić information content (AvgIpc) is 2.88. The van der Waals surface area contributed by atoms with E-state index in [4.69, 9.17) is 20.3 Å². The van der Waals surface area contributed by atoms with E-state index in [1.54, 1.807) is 0 Å². The van der Waals surface area contributed by atoms with Crippen molar-refractivity contribution in [2.45, 2.75) is 39.3 Å². The summed E-state index contributed by atoms with van der Waals surface area (Å²) in [6, 6.07) is 24.0. The summed E-state index contributed by atoms with van der Waals surface area (Å²) in [4.78, 5) is 27.0. The van der Waals surface area contributed by atoms with E-state index in [1.165, 1.54) is 0 Å². The van der Waals surface area contributed by atoms with E-state index in [0.717, 1.165) is 35.2 Å². The summed E-state index contributed by atoms with van der Waals surface area (Å²) < 4.78 is 18.9. The van der Waals surface area contributed by atoms with Crippen LogP contribution in [0.3, 0.4) is 0 Å². The van der Waals surface area contributed by atoms with E-state index >= 15 is 0 Å². The fourth-order valence-electron chi connectivity index (χ4n) is 3.18. The number of pyridine rings is 1. The molecule has 1 heterocycles. The van der Waals surface area contributed by atoms with Crippen molar-refractivity contribution in [3.05, 3.63) is 72.8 Å². The summed E-state index contributed by atoms with van der Waals surface area (Å²) >= 11 is 0. The van der Waals surface area contributed by atoms with Crippen LogP contribution in [0.5, 0.6) is 5.88 Å². The van der Waals surface area contributed by atoms with Gasteiger partial charge in [0.1, 0.15) is 0 Å². The van der Waals surface area contributed by atoms with Gasteiger partial charge in [0.25, 0.3) is 1.45 Å². The number of aliphatic carboxylic acids is 1. The predicted octanol–water partition coefficient (Wildman–Crippen LogP) is 4.63. The van der Waals surface area contributed by atoms with E-state index < -0.39 is 12.1 Å². The molecule has 0 saturated heterocycles. The molecule has 2 aromatic carbocycles. The Kier molecular flexibility index (Phi) is 11.2. The van der Waals surface area contributed by atoms with Crippen LogP contribution in [0.2, 0.25) is 0 Å². The van der Waals surface area contributed by atoms with Gasteiger partial charge in [0.2, 0.25) is 11.8 Å². The van der Waals surface area contributed by atoms with Gasteiger partial charge in [-0.3, -0.25) is 9.51 Å². The molecular weight excluding hydrogens is 437 g/mol. The molecule has 0 bridgehead atoms. The molecule has 3 aromatic rings. The summed E-state index contributed by atoms with van der Waals surface area (Å²) in [6.45, 7) is 0.468. The summed E-state index contributed by atoms with van der Waals surface area (Å²) in [6.07, 6.45) is 0.984. The van der Waals surface area contributed by atoms with Crippen LogP contribution in [0.15, 0.2) is 72.8 Å². The number of unbranched alkanes of at least 4 members (excludes halogenated alkanes) is 2. The van der Waals surface area contributed by atoms with E-state index in [9.17, 15) is 9.59 Å². The molecular formula is C26H32FN3O4. The molecule has 0 aliphatic heterocycles. The molecule has 0 saturated carbocycles. The minimum absolute atomic E-state index is 0. The smallest absolute Gasteiger partial charge is 0.341 e. The minimum atomic E-state index is -1.37. The Morgan fingerprint density at radius 1 is 0.971 bits per heavy atom. The van der Waals surface area contributed by atoms with Crippen LogP contribution in [-0.2, 0) is 9.59 Å². The number of carboxylic acid groups (broad SMARTS) is 1. The first-order chi connectivity index (χ1) is 16.5. The van der Waals surface area contributed by atoms with Gasteiger partial charge in [-0.2, -0.15) is 0 Å². The maximum atomic E-state index is 11.7. The van der Waals surface area contributed by atoms with Crippen molar-refractivity contribution in [1.82, 2.24) is 10.3 Å². The zero-order chi connectivity index (χ0) is 24.8. The largest absolute Gasteiger partial charge is 0.479 e. The number of nitrogens with zero attached hydrogens (tertiary/aromatic N) is 1. The number of nitrogens with two attached hydrogens (primary N) is 1. The number of carboxylic acids is 1. The topological polar surface area (TPSA) is 115 Å².